The normalized spacial score (nSPS) is 13.6. The lowest BCUT2D eigenvalue weighted by molar-refractivity contribution is 0.265. The van der Waals surface area contributed by atoms with Crippen molar-refractivity contribution in [3.8, 4) is 0 Å². The third-order valence-corrected chi connectivity index (χ3v) is 4.31. The van der Waals surface area contributed by atoms with Crippen LogP contribution in [0.2, 0.25) is 0 Å². The topological polar surface area (TPSA) is 105 Å². The van der Waals surface area contributed by atoms with Crippen molar-refractivity contribution in [2.24, 2.45) is 0 Å². The fraction of sp³-hybridized carbons (Fsp3) is 0.250. The molecule has 0 radical (unpaired) electrons. The standard InChI is InChI=1S/C12H15N3O3S/c1-8(7-16)15-19(17,18)11-5-4-10(13)9-3-2-6-14-12(9)11/h2-6,8,15-16H,7,13H2,1H3/t8-/m1/s1. The van der Waals surface area contributed by atoms with Gasteiger partial charge in [-0.05, 0) is 31.2 Å². The fourth-order valence-corrected chi connectivity index (χ4v) is 3.15. The zero-order valence-corrected chi connectivity index (χ0v) is 11.2. The highest BCUT2D eigenvalue weighted by molar-refractivity contribution is 7.89. The van der Waals surface area contributed by atoms with Crippen LogP contribution in [0.15, 0.2) is 35.4 Å². The van der Waals surface area contributed by atoms with Crippen LogP contribution in [-0.4, -0.2) is 31.2 Å². The number of aliphatic hydroxyl groups is 1. The molecule has 1 aromatic heterocycles. The maximum atomic E-state index is 12.2. The number of aromatic nitrogens is 1. The van der Waals surface area contributed by atoms with Crippen molar-refractivity contribution in [1.29, 1.82) is 0 Å². The number of nitrogens with zero attached hydrogens (tertiary/aromatic N) is 1. The number of hydrogen-bond donors (Lipinski definition) is 3. The van der Waals surface area contributed by atoms with Crippen LogP contribution in [0.25, 0.3) is 10.9 Å². The van der Waals surface area contributed by atoms with Gasteiger partial charge >= 0.3 is 0 Å². The summed E-state index contributed by atoms with van der Waals surface area (Å²) in [4.78, 5) is 4.13. The van der Waals surface area contributed by atoms with Gasteiger partial charge in [-0.15, -0.1) is 0 Å². The first-order valence-electron chi connectivity index (χ1n) is 5.72. The van der Waals surface area contributed by atoms with Gasteiger partial charge in [0.05, 0.1) is 12.1 Å². The molecule has 0 bridgehead atoms. The van der Waals surface area contributed by atoms with E-state index in [2.05, 4.69) is 9.71 Å². The van der Waals surface area contributed by atoms with Gasteiger partial charge in [0.15, 0.2) is 0 Å². The van der Waals surface area contributed by atoms with Gasteiger partial charge in [0.25, 0.3) is 0 Å². The number of sulfonamides is 1. The minimum atomic E-state index is -3.74. The van der Waals surface area contributed by atoms with Crippen molar-refractivity contribution in [2.75, 3.05) is 12.3 Å². The van der Waals surface area contributed by atoms with Gasteiger partial charge in [-0.3, -0.25) is 4.98 Å². The Balaban J connectivity index is 2.60. The Morgan fingerprint density at radius 3 is 2.84 bits per heavy atom. The highest BCUT2D eigenvalue weighted by atomic mass is 32.2. The average molecular weight is 281 g/mol. The van der Waals surface area contributed by atoms with E-state index in [-0.39, 0.29) is 11.5 Å². The molecule has 6 nitrogen and oxygen atoms in total. The van der Waals surface area contributed by atoms with Crippen molar-refractivity contribution in [3.63, 3.8) is 0 Å². The first-order chi connectivity index (χ1) is 8.95. The van der Waals surface area contributed by atoms with Crippen LogP contribution in [0, 0.1) is 0 Å². The third kappa shape index (κ3) is 2.67. The molecule has 0 spiro atoms. The maximum absolute atomic E-state index is 12.2. The smallest absolute Gasteiger partial charge is 0.243 e. The molecule has 0 aliphatic rings. The predicted molar refractivity (Wildman–Crippen MR) is 73.0 cm³/mol. The van der Waals surface area contributed by atoms with Crippen molar-refractivity contribution < 1.29 is 13.5 Å². The first-order valence-corrected chi connectivity index (χ1v) is 7.20. The Morgan fingerprint density at radius 1 is 1.42 bits per heavy atom. The maximum Gasteiger partial charge on any atom is 0.243 e. The zero-order chi connectivity index (χ0) is 14.0. The molecular weight excluding hydrogens is 266 g/mol. The number of fused-ring (bicyclic) bond motifs is 1. The first kappa shape index (κ1) is 13.7. The summed E-state index contributed by atoms with van der Waals surface area (Å²) in [5.74, 6) is 0. The number of hydrogen-bond acceptors (Lipinski definition) is 5. The summed E-state index contributed by atoms with van der Waals surface area (Å²) in [6.07, 6.45) is 1.51. The molecule has 19 heavy (non-hydrogen) atoms. The van der Waals surface area contributed by atoms with Gasteiger partial charge in [0.2, 0.25) is 10.0 Å². The monoisotopic (exact) mass is 281 g/mol. The van der Waals surface area contributed by atoms with Gasteiger partial charge in [0.1, 0.15) is 4.90 Å². The Labute approximate surface area is 111 Å². The molecule has 2 aromatic rings. The molecule has 0 aliphatic heterocycles. The lowest BCUT2D eigenvalue weighted by Gasteiger charge is -2.13. The Morgan fingerprint density at radius 2 is 2.16 bits per heavy atom. The van der Waals surface area contributed by atoms with Crippen LogP contribution in [0.5, 0.6) is 0 Å². The molecule has 1 aromatic carbocycles. The van der Waals surface area contributed by atoms with E-state index in [1.165, 1.54) is 18.3 Å². The van der Waals surface area contributed by atoms with Crippen molar-refractivity contribution in [2.45, 2.75) is 17.9 Å². The highest BCUT2D eigenvalue weighted by Crippen LogP contribution is 2.25. The van der Waals surface area contributed by atoms with E-state index in [1.54, 1.807) is 19.1 Å². The number of rotatable bonds is 4. The van der Waals surface area contributed by atoms with Crippen molar-refractivity contribution in [3.05, 3.63) is 30.5 Å². The van der Waals surface area contributed by atoms with Crippen molar-refractivity contribution in [1.82, 2.24) is 9.71 Å². The summed E-state index contributed by atoms with van der Waals surface area (Å²) in [5.41, 5.74) is 6.59. The summed E-state index contributed by atoms with van der Waals surface area (Å²) < 4.78 is 26.8. The van der Waals surface area contributed by atoms with Crippen LogP contribution in [0.1, 0.15) is 6.92 Å². The molecule has 4 N–H and O–H groups in total. The van der Waals surface area contributed by atoms with Crippen LogP contribution in [0.3, 0.4) is 0 Å². The molecule has 2 rings (SSSR count). The van der Waals surface area contributed by atoms with Crippen molar-refractivity contribution >= 4 is 26.6 Å². The van der Waals surface area contributed by atoms with E-state index < -0.39 is 16.1 Å². The van der Waals surface area contributed by atoms with Gasteiger partial charge in [-0.25, -0.2) is 13.1 Å². The van der Waals surface area contributed by atoms with Crippen LogP contribution in [0.4, 0.5) is 5.69 Å². The molecule has 0 aliphatic carbocycles. The fourth-order valence-electron chi connectivity index (χ4n) is 1.75. The van der Waals surface area contributed by atoms with Crippen LogP contribution in [-0.2, 0) is 10.0 Å². The Kier molecular flexibility index (Phi) is 3.70. The van der Waals surface area contributed by atoms with Crippen LogP contribution < -0.4 is 10.5 Å². The molecule has 0 fully saturated rings. The second kappa shape index (κ2) is 5.12. The SMILES string of the molecule is C[C@H](CO)NS(=O)(=O)c1ccc(N)c2cccnc12. The second-order valence-corrected chi connectivity index (χ2v) is 5.94. The summed E-state index contributed by atoms with van der Waals surface area (Å²) in [5, 5.41) is 9.53. The molecule has 1 atom stereocenters. The third-order valence-electron chi connectivity index (χ3n) is 2.69. The summed E-state index contributed by atoms with van der Waals surface area (Å²) >= 11 is 0. The van der Waals surface area contributed by atoms with Gasteiger partial charge in [-0.1, -0.05) is 0 Å². The second-order valence-electron chi connectivity index (χ2n) is 4.26. The number of nitrogens with one attached hydrogen (secondary N) is 1. The van der Waals surface area contributed by atoms with Gasteiger partial charge in [0, 0.05) is 23.3 Å². The average Bonchev–Trinajstić information content (AvgIpc) is 2.38. The van der Waals surface area contributed by atoms with Crippen LogP contribution >= 0.6 is 0 Å². The van der Waals surface area contributed by atoms with E-state index in [0.29, 0.717) is 16.6 Å². The number of nitrogens with two attached hydrogens (primary N) is 1. The van der Waals surface area contributed by atoms with Gasteiger partial charge < -0.3 is 10.8 Å². The minimum Gasteiger partial charge on any atom is -0.398 e. The largest absolute Gasteiger partial charge is 0.398 e. The number of anilines is 1. The number of pyridine rings is 1. The minimum absolute atomic E-state index is 0.0533. The summed E-state index contributed by atoms with van der Waals surface area (Å²) in [6, 6.07) is 5.78. The molecule has 0 saturated heterocycles. The molecule has 1 heterocycles. The van der Waals surface area contributed by atoms with E-state index >= 15 is 0 Å². The Hall–Kier alpha value is -1.70. The Bertz CT molecular complexity index is 700. The lowest BCUT2D eigenvalue weighted by atomic mass is 10.2. The lowest BCUT2D eigenvalue weighted by Crippen LogP contribution is -2.35. The molecule has 0 saturated carbocycles. The molecule has 0 amide bonds. The number of nitrogen functional groups attached to an aromatic ring is 1. The molecule has 7 heteroatoms. The van der Waals surface area contributed by atoms with Gasteiger partial charge in [-0.2, -0.15) is 0 Å². The summed E-state index contributed by atoms with van der Waals surface area (Å²) in [7, 11) is -3.74. The highest BCUT2D eigenvalue weighted by Gasteiger charge is 2.21. The van der Waals surface area contributed by atoms with E-state index in [4.69, 9.17) is 10.8 Å². The van der Waals surface area contributed by atoms with E-state index in [9.17, 15) is 8.42 Å². The van der Waals surface area contributed by atoms with E-state index in [0.717, 1.165) is 0 Å². The number of aliphatic hydroxyl groups excluding tert-OH is 1. The quantitative estimate of drug-likeness (QED) is 0.707. The molecular formula is C12H15N3O3S. The molecule has 0 unspecified atom stereocenters. The molecule has 102 valence electrons. The summed E-state index contributed by atoms with van der Waals surface area (Å²) in [6.45, 7) is 1.30. The van der Waals surface area contributed by atoms with E-state index in [1.807, 2.05) is 0 Å². The predicted octanol–water partition coefficient (Wildman–Crippen LogP) is 0.476. The number of benzene rings is 1. The zero-order valence-electron chi connectivity index (χ0n) is 10.4.